The highest BCUT2D eigenvalue weighted by atomic mass is 127. The first-order valence-corrected chi connectivity index (χ1v) is 7.80. The van der Waals surface area contributed by atoms with E-state index in [2.05, 4.69) is 15.6 Å². The highest BCUT2D eigenvalue weighted by Crippen LogP contribution is 2.20. The van der Waals surface area contributed by atoms with E-state index in [1.54, 1.807) is 20.2 Å². The predicted octanol–water partition coefficient (Wildman–Crippen LogP) is 4.09. The van der Waals surface area contributed by atoms with Gasteiger partial charge in [-0.05, 0) is 37.0 Å². The van der Waals surface area contributed by atoms with E-state index < -0.39 is 0 Å². The number of hydrogen-bond acceptors (Lipinski definition) is 2. The van der Waals surface area contributed by atoms with Gasteiger partial charge in [0.2, 0.25) is 0 Å². The van der Waals surface area contributed by atoms with Crippen LogP contribution in [0.5, 0.6) is 0 Å². The molecule has 1 rings (SSSR count). The molecule has 0 unspecified atom stereocenters. The summed E-state index contributed by atoms with van der Waals surface area (Å²) in [6.07, 6.45) is 3.32. The molecule has 0 saturated carbocycles. The van der Waals surface area contributed by atoms with E-state index in [0.717, 1.165) is 43.9 Å². The summed E-state index contributed by atoms with van der Waals surface area (Å²) in [6, 6.07) is 5.48. The fourth-order valence-electron chi connectivity index (χ4n) is 1.82. The Bertz CT molecular complexity index is 458. The molecule has 0 saturated heterocycles. The fraction of sp³-hybridized carbons (Fsp3) is 0.533. The average Bonchev–Trinajstić information content (AvgIpc) is 2.47. The average molecular weight is 460 g/mol. The van der Waals surface area contributed by atoms with Crippen molar-refractivity contribution in [1.29, 1.82) is 0 Å². The van der Waals surface area contributed by atoms with Crippen molar-refractivity contribution in [2.24, 2.45) is 4.99 Å². The molecule has 0 radical (unpaired) electrons. The van der Waals surface area contributed by atoms with Crippen LogP contribution in [0.2, 0.25) is 10.0 Å². The molecule has 0 heterocycles. The number of aliphatic imine (C=N–C) groups is 1. The van der Waals surface area contributed by atoms with Gasteiger partial charge < -0.3 is 15.4 Å². The van der Waals surface area contributed by atoms with Gasteiger partial charge in [-0.25, -0.2) is 0 Å². The zero-order valence-corrected chi connectivity index (χ0v) is 16.8. The minimum absolute atomic E-state index is 0. The zero-order chi connectivity index (χ0) is 15.5. The molecule has 2 N–H and O–H groups in total. The van der Waals surface area contributed by atoms with Crippen molar-refractivity contribution >= 4 is 53.1 Å². The van der Waals surface area contributed by atoms with Gasteiger partial charge in [-0.3, -0.25) is 4.99 Å². The van der Waals surface area contributed by atoms with E-state index >= 15 is 0 Å². The minimum Gasteiger partial charge on any atom is -0.385 e. The first-order valence-electron chi connectivity index (χ1n) is 7.04. The molecule has 0 bridgehead atoms. The number of nitrogens with one attached hydrogen (secondary N) is 2. The lowest BCUT2D eigenvalue weighted by Gasteiger charge is -2.12. The molecule has 0 aliphatic heterocycles. The molecule has 0 aliphatic rings. The maximum atomic E-state index is 6.13. The smallest absolute Gasteiger partial charge is 0.191 e. The van der Waals surface area contributed by atoms with Crippen LogP contribution in [-0.4, -0.2) is 33.3 Å². The largest absolute Gasteiger partial charge is 0.385 e. The van der Waals surface area contributed by atoms with E-state index in [-0.39, 0.29) is 24.0 Å². The van der Waals surface area contributed by atoms with Crippen molar-refractivity contribution < 1.29 is 4.74 Å². The number of benzene rings is 1. The van der Waals surface area contributed by atoms with Crippen LogP contribution in [0.4, 0.5) is 0 Å². The van der Waals surface area contributed by atoms with Gasteiger partial charge >= 0.3 is 0 Å². The third-order valence-corrected chi connectivity index (χ3v) is 3.59. The molecule has 4 nitrogen and oxygen atoms in total. The number of unbranched alkanes of at least 4 members (excludes halogenated alkanes) is 2. The lowest BCUT2D eigenvalue weighted by atomic mass is 10.2. The van der Waals surface area contributed by atoms with Gasteiger partial charge in [-0.15, -0.1) is 24.0 Å². The lowest BCUT2D eigenvalue weighted by molar-refractivity contribution is 0.192. The van der Waals surface area contributed by atoms with Gasteiger partial charge in [-0.1, -0.05) is 29.3 Å². The Hall–Kier alpha value is -0.240. The standard InChI is InChI=1S/C15H23Cl2N3O.HI/c1-18-15(19-8-4-3-5-9-21-2)20-11-12-6-7-13(16)10-14(12)17;/h6-7,10H,3-5,8-9,11H2,1-2H3,(H2,18,19,20);1H. The maximum absolute atomic E-state index is 6.13. The first-order chi connectivity index (χ1) is 10.2. The molecule has 126 valence electrons. The number of halogens is 3. The quantitative estimate of drug-likeness (QED) is 0.266. The highest BCUT2D eigenvalue weighted by Gasteiger charge is 2.03. The molecule has 1 aromatic rings. The molecule has 0 amide bonds. The molecule has 0 spiro atoms. The van der Waals surface area contributed by atoms with E-state index in [4.69, 9.17) is 27.9 Å². The van der Waals surface area contributed by atoms with Crippen LogP contribution in [0.3, 0.4) is 0 Å². The van der Waals surface area contributed by atoms with Crippen molar-refractivity contribution in [2.45, 2.75) is 25.8 Å². The van der Waals surface area contributed by atoms with Crippen molar-refractivity contribution in [3.05, 3.63) is 33.8 Å². The fourth-order valence-corrected chi connectivity index (χ4v) is 2.29. The van der Waals surface area contributed by atoms with Crippen molar-refractivity contribution in [3.63, 3.8) is 0 Å². The third-order valence-electron chi connectivity index (χ3n) is 3.00. The number of nitrogens with zero attached hydrogens (tertiary/aromatic N) is 1. The van der Waals surface area contributed by atoms with Crippen LogP contribution in [0, 0.1) is 0 Å². The Labute approximate surface area is 160 Å². The van der Waals surface area contributed by atoms with E-state index in [9.17, 15) is 0 Å². The van der Waals surface area contributed by atoms with Crippen LogP contribution >= 0.6 is 47.2 Å². The second-order valence-corrected chi connectivity index (χ2v) is 5.49. The highest BCUT2D eigenvalue weighted by molar-refractivity contribution is 14.0. The minimum atomic E-state index is 0. The van der Waals surface area contributed by atoms with Crippen molar-refractivity contribution in [3.8, 4) is 0 Å². The maximum Gasteiger partial charge on any atom is 0.191 e. The van der Waals surface area contributed by atoms with Gasteiger partial charge in [0, 0.05) is 43.9 Å². The summed E-state index contributed by atoms with van der Waals surface area (Å²) in [6.45, 7) is 2.32. The van der Waals surface area contributed by atoms with Gasteiger partial charge in [0.1, 0.15) is 0 Å². The Kier molecular flexibility index (Phi) is 13.1. The van der Waals surface area contributed by atoms with Gasteiger partial charge in [0.05, 0.1) is 0 Å². The van der Waals surface area contributed by atoms with Gasteiger partial charge in [0.15, 0.2) is 5.96 Å². The molecule has 7 heteroatoms. The Morgan fingerprint density at radius 2 is 1.95 bits per heavy atom. The van der Waals surface area contributed by atoms with Gasteiger partial charge in [-0.2, -0.15) is 0 Å². The first kappa shape index (κ1) is 21.8. The Balaban J connectivity index is 0.00000441. The molecular weight excluding hydrogens is 436 g/mol. The van der Waals surface area contributed by atoms with Gasteiger partial charge in [0.25, 0.3) is 0 Å². The van der Waals surface area contributed by atoms with E-state index in [1.165, 1.54) is 0 Å². The second kappa shape index (κ2) is 13.2. The van der Waals surface area contributed by atoms with Crippen LogP contribution in [0.1, 0.15) is 24.8 Å². The SMILES string of the molecule is CN=C(NCCCCCOC)NCc1ccc(Cl)cc1Cl.I. The summed E-state index contributed by atoms with van der Waals surface area (Å²) in [7, 11) is 3.48. The van der Waals surface area contributed by atoms with Crippen LogP contribution in [0.25, 0.3) is 0 Å². The summed E-state index contributed by atoms with van der Waals surface area (Å²) in [4.78, 5) is 4.18. The zero-order valence-electron chi connectivity index (χ0n) is 13.0. The monoisotopic (exact) mass is 459 g/mol. The van der Waals surface area contributed by atoms with Crippen molar-refractivity contribution in [1.82, 2.24) is 10.6 Å². The molecule has 0 fully saturated rings. The topological polar surface area (TPSA) is 45.7 Å². The van der Waals surface area contributed by atoms with Crippen LogP contribution < -0.4 is 10.6 Å². The molecular formula is C15H24Cl2IN3O. The Morgan fingerprint density at radius 1 is 1.18 bits per heavy atom. The summed E-state index contributed by atoms with van der Waals surface area (Å²) in [5.74, 6) is 0.771. The summed E-state index contributed by atoms with van der Waals surface area (Å²) in [5, 5.41) is 7.81. The molecule has 0 aliphatic carbocycles. The van der Waals surface area contributed by atoms with Crippen LogP contribution in [-0.2, 0) is 11.3 Å². The molecule has 0 atom stereocenters. The summed E-state index contributed by atoms with van der Waals surface area (Å²) >= 11 is 12.0. The normalized spacial score (nSPS) is 11.0. The van der Waals surface area contributed by atoms with Crippen LogP contribution in [0.15, 0.2) is 23.2 Å². The molecule has 0 aromatic heterocycles. The Morgan fingerprint density at radius 3 is 2.59 bits per heavy atom. The number of guanidine groups is 1. The van der Waals surface area contributed by atoms with E-state index in [1.807, 2.05) is 12.1 Å². The predicted molar refractivity (Wildman–Crippen MR) is 106 cm³/mol. The molecule has 22 heavy (non-hydrogen) atoms. The number of hydrogen-bond donors (Lipinski definition) is 2. The van der Waals surface area contributed by atoms with Crippen molar-refractivity contribution in [2.75, 3.05) is 27.3 Å². The number of rotatable bonds is 8. The molecule has 1 aromatic carbocycles. The summed E-state index contributed by atoms with van der Waals surface area (Å²) < 4.78 is 5.02. The second-order valence-electron chi connectivity index (χ2n) is 4.64. The third kappa shape index (κ3) is 9.02. The summed E-state index contributed by atoms with van der Waals surface area (Å²) in [5.41, 5.74) is 0.990. The number of methoxy groups -OCH3 is 1. The van der Waals surface area contributed by atoms with E-state index in [0.29, 0.717) is 16.6 Å². The lowest BCUT2D eigenvalue weighted by Crippen LogP contribution is -2.37. The number of ether oxygens (including phenoxy) is 1.